The van der Waals surface area contributed by atoms with Gasteiger partial charge in [0.15, 0.2) is 0 Å². The number of thioether (sulfide) groups is 1. The SMILES string of the molecule is O=C(O)CN1C(=O)CCSC1c1ccccn1. The van der Waals surface area contributed by atoms with Gasteiger partial charge in [0, 0.05) is 18.4 Å². The van der Waals surface area contributed by atoms with Gasteiger partial charge in [-0.25, -0.2) is 0 Å². The largest absolute Gasteiger partial charge is 0.480 e. The van der Waals surface area contributed by atoms with Crippen LogP contribution in [0.5, 0.6) is 0 Å². The molecule has 17 heavy (non-hydrogen) atoms. The van der Waals surface area contributed by atoms with Gasteiger partial charge in [0.25, 0.3) is 0 Å². The first-order chi connectivity index (χ1) is 8.18. The van der Waals surface area contributed by atoms with Crippen LogP contribution < -0.4 is 0 Å². The maximum Gasteiger partial charge on any atom is 0.323 e. The molecule has 1 aromatic heterocycles. The molecule has 0 spiro atoms. The highest BCUT2D eigenvalue weighted by molar-refractivity contribution is 7.99. The van der Waals surface area contributed by atoms with E-state index in [9.17, 15) is 9.59 Å². The van der Waals surface area contributed by atoms with Crippen LogP contribution in [0.1, 0.15) is 17.5 Å². The van der Waals surface area contributed by atoms with Crippen molar-refractivity contribution in [2.75, 3.05) is 12.3 Å². The summed E-state index contributed by atoms with van der Waals surface area (Å²) < 4.78 is 0. The van der Waals surface area contributed by atoms with E-state index in [2.05, 4.69) is 4.98 Å². The van der Waals surface area contributed by atoms with E-state index in [0.717, 1.165) is 5.69 Å². The van der Waals surface area contributed by atoms with Crippen molar-refractivity contribution in [3.63, 3.8) is 0 Å². The number of rotatable bonds is 3. The molecule has 1 unspecified atom stereocenters. The van der Waals surface area contributed by atoms with Crippen LogP contribution in [0.2, 0.25) is 0 Å². The lowest BCUT2D eigenvalue weighted by atomic mass is 10.3. The Morgan fingerprint density at radius 1 is 1.59 bits per heavy atom. The molecule has 1 aliphatic heterocycles. The molecule has 0 bridgehead atoms. The van der Waals surface area contributed by atoms with Gasteiger partial charge in [-0.15, -0.1) is 11.8 Å². The maximum absolute atomic E-state index is 11.7. The van der Waals surface area contributed by atoms with Crippen LogP contribution in [0.4, 0.5) is 0 Å². The standard InChI is InChI=1S/C11H12N2O3S/c14-9-4-6-17-11(13(9)7-10(15)16)8-3-1-2-5-12-8/h1-3,5,11H,4,6-7H2,(H,15,16). The molecule has 0 aliphatic carbocycles. The number of amides is 1. The zero-order valence-electron chi connectivity index (χ0n) is 9.07. The van der Waals surface area contributed by atoms with E-state index in [1.807, 2.05) is 12.1 Å². The number of aromatic nitrogens is 1. The van der Waals surface area contributed by atoms with Gasteiger partial charge >= 0.3 is 5.97 Å². The second kappa shape index (κ2) is 5.18. The van der Waals surface area contributed by atoms with E-state index < -0.39 is 5.97 Å². The lowest BCUT2D eigenvalue weighted by Gasteiger charge is -2.33. The smallest absolute Gasteiger partial charge is 0.323 e. The molecule has 1 N–H and O–H groups in total. The second-order valence-electron chi connectivity index (χ2n) is 3.64. The van der Waals surface area contributed by atoms with Crippen molar-refractivity contribution < 1.29 is 14.7 Å². The van der Waals surface area contributed by atoms with E-state index >= 15 is 0 Å². The van der Waals surface area contributed by atoms with Crippen molar-refractivity contribution >= 4 is 23.6 Å². The monoisotopic (exact) mass is 252 g/mol. The number of hydrogen-bond donors (Lipinski definition) is 1. The first kappa shape index (κ1) is 11.9. The van der Waals surface area contributed by atoms with Crippen LogP contribution >= 0.6 is 11.8 Å². The van der Waals surface area contributed by atoms with Crippen LogP contribution in [-0.2, 0) is 9.59 Å². The minimum absolute atomic E-state index is 0.123. The lowest BCUT2D eigenvalue weighted by molar-refractivity contribution is -0.145. The molecule has 2 rings (SSSR count). The number of carboxylic acids is 1. The van der Waals surface area contributed by atoms with Gasteiger partial charge in [-0.05, 0) is 12.1 Å². The van der Waals surface area contributed by atoms with Crippen LogP contribution in [-0.4, -0.2) is 39.2 Å². The maximum atomic E-state index is 11.7. The zero-order valence-corrected chi connectivity index (χ0v) is 9.89. The first-order valence-corrected chi connectivity index (χ1v) is 6.27. The van der Waals surface area contributed by atoms with Crippen LogP contribution in [0, 0.1) is 0 Å². The molecule has 1 aliphatic rings. The summed E-state index contributed by atoms with van der Waals surface area (Å²) in [6.07, 6.45) is 2.04. The average Bonchev–Trinajstić information content (AvgIpc) is 2.32. The minimum atomic E-state index is -0.998. The predicted molar refractivity (Wildman–Crippen MR) is 63.4 cm³/mol. The Kier molecular flexibility index (Phi) is 3.63. The second-order valence-corrected chi connectivity index (χ2v) is 4.83. The van der Waals surface area contributed by atoms with Gasteiger partial charge in [-0.2, -0.15) is 0 Å². The topological polar surface area (TPSA) is 70.5 Å². The Balaban J connectivity index is 2.23. The average molecular weight is 252 g/mol. The number of hydrogen-bond acceptors (Lipinski definition) is 4. The van der Waals surface area contributed by atoms with E-state index in [4.69, 9.17) is 5.11 Å². The summed E-state index contributed by atoms with van der Waals surface area (Å²) >= 11 is 1.55. The Bertz CT molecular complexity index is 424. The summed E-state index contributed by atoms with van der Waals surface area (Å²) in [4.78, 5) is 28.1. The zero-order chi connectivity index (χ0) is 12.3. The molecular formula is C11H12N2O3S. The minimum Gasteiger partial charge on any atom is -0.480 e. The summed E-state index contributed by atoms with van der Waals surface area (Å²) in [5, 5.41) is 8.54. The number of nitrogens with zero attached hydrogens (tertiary/aromatic N) is 2. The molecule has 6 heteroatoms. The molecule has 0 saturated carbocycles. The summed E-state index contributed by atoms with van der Waals surface area (Å²) in [6.45, 7) is -0.271. The van der Waals surface area contributed by atoms with Crippen molar-refractivity contribution in [1.82, 2.24) is 9.88 Å². The number of carboxylic acid groups (broad SMARTS) is 1. The molecule has 2 heterocycles. The van der Waals surface area contributed by atoms with Crippen molar-refractivity contribution in [2.24, 2.45) is 0 Å². The fraction of sp³-hybridized carbons (Fsp3) is 0.364. The van der Waals surface area contributed by atoms with Gasteiger partial charge in [-0.3, -0.25) is 14.6 Å². The number of carbonyl (C=O) groups excluding carboxylic acids is 1. The highest BCUT2D eigenvalue weighted by Gasteiger charge is 2.31. The van der Waals surface area contributed by atoms with Gasteiger partial charge in [0.1, 0.15) is 11.9 Å². The van der Waals surface area contributed by atoms with Gasteiger partial charge in [0.2, 0.25) is 5.91 Å². The van der Waals surface area contributed by atoms with Crippen molar-refractivity contribution in [3.05, 3.63) is 30.1 Å². The van der Waals surface area contributed by atoms with Crippen molar-refractivity contribution in [3.8, 4) is 0 Å². The Morgan fingerprint density at radius 2 is 2.41 bits per heavy atom. The summed E-state index contributed by atoms with van der Waals surface area (Å²) in [5.74, 6) is -0.417. The quantitative estimate of drug-likeness (QED) is 0.873. The molecular weight excluding hydrogens is 240 g/mol. The molecule has 5 nitrogen and oxygen atoms in total. The molecule has 1 amide bonds. The predicted octanol–water partition coefficient (Wildman–Crippen LogP) is 1.13. The number of aliphatic carboxylic acids is 1. The van der Waals surface area contributed by atoms with Gasteiger partial charge in [0.05, 0.1) is 5.69 Å². The fourth-order valence-corrected chi connectivity index (χ4v) is 2.90. The van der Waals surface area contributed by atoms with Gasteiger partial charge < -0.3 is 10.0 Å². The molecule has 0 aromatic carbocycles. The van der Waals surface area contributed by atoms with E-state index in [-0.39, 0.29) is 17.8 Å². The number of carbonyl (C=O) groups is 2. The first-order valence-electron chi connectivity index (χ1n) is 5.22. The Labute approximate surface area is 103 Å². The molecule has 0 radical (unpaired) electrons. The Morgan fingerprint density at radius 3 is 3.06 bits per heavy atom. The normalized spacial score (nSPS) is 20.4. The third-order valence-corrected chi connectivity index (χ3v) is 3.69. The van der Waals surface area contributed by atoms with Crippen molar-refractivity contribution in [2.45, 2.75) is 11.8 Å². The number of pyridine rings is 1. The summed E-state index contributed by atoms with van der Waals surface area (Å²) in [5.41, 5.74) is 0.729. The molecule has 90 valence electrons. The highest BCUT2D eigenvalue weighted by Crippen LogP contribution is 2.35. The van der Waals surface area contributed by atoms with Crippen LogP contribution in [0.3, 0.4) is 0 Å². The van der Waals surface area contributed by atoms with E-state index in [1.165, 1.54) is 4.90 Å². The van der Waals surface area contributed by atoms with Crippen LogP contribution in [0.15, 0.2) is 24.4 Å². The third-order valence-electron chi connectivity index (χ3n) is 2.44. The summed E-state index contributed by atoms with van der Waals surface area (Å²) in [6, 6.07) is 5.44. The Hall–Kier alpha value is -1.56. The van der Waals surface area contributed by atoms with Crippen molar-refractivity contribution in [1.29, 1.82) is 0 Å². The lowest BCUT2D eigenvalue weighted by Crippen LogP contribution is -2.40. The van der Waals surface area contributed by atoms with Gasteiger partial charge in [-0.1, -0.05) is 6.07 Å². The summed E-state index contributed by atoms with van der Waals surface area (Å²) in [7, 11) is 0. The van der Waals surface area contributed by atoms with E-state index in [1.54, 1.807) is 24.0 Å². The third kappa shape index (κ3) is 2.76. The highest BCUT2D eigenvalue weighted by atomic mass is 32.2. The molecule has 1 fully saturated rings. The van der Waals surface area contributed by atoms with Crippen LogP contribution in [0.25, 0.3) is 0 Å². The molecule has 1 saturated heterocycles. The molecule has 1 aromatic rings. The molecule has 1 atom stereocenters. The fourth-order valence-electron chi connectivity index (χ4n) is 1.71. The van der Waals surface area contributed by atoms with E-state index in [0.29, 0.717) is 12.2 Å².